The van der Waals surface area contributed by atoms with Crippen molar-refractivity contribution in [2.75, 3.05) is 13.7 Å². The van der Waals surface area contributed by atoms with Gasteiger partial charge < -0.3 is 14.0 Å². The standard InChI is InChI=1S/C16H21NO3/c1-3-12-20-15-7-4-6-14-13(15)9-11-17(14)10-5-8-16(18)19-2/h4,6-7,9,11H,3,5,8,10,12H2,1-2H3. The third-order valence-corrected chi connectivity index (χ3v) is 3.24. The maximum Gasteiger partial charge on any atom is 0.305 e. The maximum atomic E-state index is 11.1. The lowest BCUT2D eigenvalue weighted by atomic mass is 10.2. The van der Waals surface area contributed by atoms with E-state index in [-0.39, 0.29) is 5.97 Å². The van der Waals surface area contributed by atoms with Crippen LogP contribution in [-0.2, 0) is 16.1 Å². The Hall–Kier alpha value is -1.97. The van der Waals surface area contributed by atoms with Gasteiger partial charge in [-0.3, -0.25) is 4.79 Å². The molecule has 0 spiro atoms. The van der Waals surface area contributed by atoms with Crippen molar-refractivity contribution in [1.29, 1.82) is 0 Å². The number of methoxy groups -OCH3 is 1. The number of rotatable bonds is 7. The van der Waals surface area contributed by atoms with Gasteiger partial charge in [0.1, 0.15) is 5.75 Å². The molecule has 0 amide bonds. The highest BCUT2D eigenvalue weighted by Crippen LogP contribution is 2.27. The predicted molar refractivity (Wildman–Crippen MR) is 79.0 cm³/mol. The van der Waals surface area contributed by atoms with Gasteiger partial charge in [0.05, 0.1) is 19.2 Å². The number of carbonyl (C=O) groups is 1. The number of benzene rings is 1. The second kappa shape index (κ2) is 6.98. The van der Waals surface area contributed by atoms with Gasteiger partial charge in [0.15, 0.2) is 0 Å². The van der Waals surface area contributed by atoms with Gasteiger partial charge in [-0.15, -0.1) is 0 Å². The summed E-state index contributed by atoms with van der Waals surface area (Å²) in [4.78, 5) is 11.1. The Morgan fingerprint density at radius 2 is 2.15 bits per heavy atom. The molecule has 0 aliphatic rings. The molecule has 4 nitrogen and oxygen atoms in total. The molecule has 1 aromatic heterocycles. The molecule has 0 aliphatic heterocycles. The van der Waals surface area contributed by atoms with Crippen molar-refractivity contribution in [2.24, 2.45) is 0 Å². The minimum Gasteiger partial charge on any atom is -0.493 e. The van der Waals surface area contributed by atoms with E-state index in [2.05, 4.69) is 28.4 Å². The van der Waals surface area contributed by atoms with E-state index in [1.54, 1.807) is 0 Å². The average molecular weight is 275 g/mol. The summed E-state index contributed by atoms with van der Waals surface area (Å²) in [6, 6.07) is 8.14. The zero-order chi connectivity index (χ0) is 14.4. The van der Waals surface area contributed by atoms with Crippen molar-refractivity contribution in [1.82, 2.24) is 4.57 Å². The zero-order valence-electron chi connectivity index (χ0n) is 12.1. The van der Waals surface area contributed by atoms with Gasteiger partial charge in [0, 0.05) is 24.5 Å². The van der Waals surface area contributed by atoms with E-state index in [9.17, 15) is 4.79 Å². The number of aromatic nitrogens is 1. The Kier molecular flexibility index (Phi) is 5.04. The third kappa shape index (κ3) is 3.32. The number of fused-ring (bicyclic) bond motifs is 1. The number of hydrogen-bond donors (Lipinski definition) is 0. The third-order valence-electron chi connectivity index (χ3n) is 3.24. The number of aryl methyl sites for hydroxylation is 1. The fraction of sp³-hybridized carbons (Fsp3) is 0.438. The van der Waals surface area contributed by atoms with Gasteiger partial charge in [0.2, 0.25) is 0 Å². The smallest absolute Gasteiger partial charge is 0.305 e. The van der Waals surface area contributed by atoms with E-state index in [4.69, 9.17) is 4.74 Å². The first-order valence-electron chi connectivity index (χ1n) is 7.03. The quantitative estimate of drug-likeness (QED) is 0.727. The first-order valence-corrected chi connectivity index (χ1v) is 7.03. The Bertz CT molecular complexity index is 574. The predicted octanol–water partition coefficient (Wildman–Crippen LogP) is 3.38. The van der Waals surface area contributed by atoms with Crippen molar-refractivity contribution in [3.8, 4) is 5.75 Å². The second-order valence-electron chi connectivity index (χ2n) is 4.73. The molecule has 0 N–H and O–H groups in total. The number of nitrogens with zero attached hydrogens (tertiary/aromatic N) is 1. The summed E-state index contributed by atoms with van der Waals surface area (Å²) in [6.07, 6.45) is 4.26. The first kappa shape index (κ1) is 14.4. The lowest BCUT2D eigenvalue weighted by Crippen LogP contribution is -2.03. The molecule has 0 aliphatic carbocycles. The first-order chi connectivity index (χ1) is 9.76. The van der Waals surface area contributed by atoms with Crippen molar-refractivity contribution >= 4 is 16.9 Å². The summed E-state index contributed by atoms with van der Waals surface area (Å²) in [7, 11) is 1.42. The van der Waals surface area contributed by atoms with Crippen LogP contribution in [0.3, 0.4) is 0 Å². The number of hydrogen-bond acceptors (Lipinski definition) is 3. The van der Waals surface area contributed by atoms with E-state index in [0.29, 0.717) is 6.42 Å². The van der Waals surface area contributed by atoms with Crippen LogP contribution in [0.5, 0.6) is 5.75 Å². The molecule has 1 aromatic carbocycles. The summed E-state index contributed by atoms with van der Waals surface area (Å²) < 4.78 is 12.6. The SMILES string of the molecule is CCCOc1cccc2c1ccn2CCCC(=O)OC. The molecule has 0 fully saturated rings. The minimum absolute atomic E-state index is 0.159. The van der Waals surface area contributed by atoms with Crippen molar-refractivity contribution in [2.45, 2.75) is 32.7 Å². The summed E-state index contributed by atoms with van der Waals surface area (Å²) in [5.41, 5.74) is 1.14. The molecule has 2 aromatic rings. The highest BCUT2D eigenvalue weighted by atomic mass is 16.5. The molecule has 2 rings (SSSR count). The van der Waals surface area contributed by atoms with E-state index in [1.165, 1.54) is 7.11 Å². The van der Waals surface area contributed by atoms with E-state index in [1.807, 2.05) is 18.3 Å². The minimum atomic E-state index is -0.159. The van der Waals surface area contributed by atoms with Crippen LogP contribution in [-0.4, -0.2) is 24.3 Å². The largest absolute Gasteiger partial charge is 0.493 e. The molecule has 108 valence electrons. The normalized spacial score (nSPS) is 10.7. The van der Waals surface area contributed by atoms with Crippen LogP contribution >= 0.6 is 0 Å². The molecule has 0 saturated carbocycles. The lowest BCUT2D eigenvalue weighted by Gasteiger charge is -2.08. The summed E-state index contributed by atoms with van der Waals surface area (Å²) >= 11 is 0. The Morgan fingerprint density at radius 1 is 1.30 bits per heavy atom. The van der Waals surface area contributed by atoms with Gasteiger partial charge in [-0.1, -0.05) is 13.0 Å². The van der Waals surface area contributed by atoms with Gasteiger partial charge in [-0.2, -0.15) is 0 Å². The van der Waals surface area contributed by atoms with Crippen molar-refractivity contribution in [3.05, 3.63) is 30.5 Å². The molecule has 0 radical (unpaired) electrons. The topological polar surface area (TPSA) is 40.5 Å². The summed E-state index contributed by atoms with van der Waals surface area (Å²) in [5.74, 6) is 0.768. The Morgan fingerprint density at radius 3 is 2.90 bits per heavy atom. The molecule has 1 heterocycles. The van der Waals surface area contributed by atoms with E-state index < -0.39 is 0 Å². The fourth-order valence-corrected chi connectivity index (χ4v) is 2.22. The molecule has 4 heteroatoms. The zero-order valence-corrected chi connectivity index (χ0v) is 12.1. The summed E-state index contributed by atoms with van der Waals surface area (Å²) in [5, 5.41) is 1.12. The number of esters is 1. The molecular formula is C16H21NO3. The van der Waals surface area contributed by atoms with E-state index in [0.717, 1.165) is 42.6 Å². The van der Waals surface area contributed by atoms with E-state index >= 15 is 0 Å². The average Bonchev–Trinajstić information content (AvgIpc) is 2.89. The van der Waals surface area contributed by atoms with Crippen LogP contribution in [0.1, 0.15) is 26.2 Å². The monoisotopic (exact) mass is 275 g/mol. The van der Waals surface area contributed by atoms with Gasteiger partial charge in [-0.05, 0) is 31.0 Å². The Labute approximate surface area is 119 Å². The molecule has 20 heavy (non-hydrogen) atoms. The maximum absolute atomic E-state index is 11.1. The lowest BCUT2D eigenvalue weighted by molar-refractivity contribution is -0.140. The van der Waals surface area contributed by atoms with Crippen LogP contribution in [0, 0.1) is 0 Å². The van der Waals surface area contributed by atoms with Crippen LogP contribution < -0.4 is 4.74 Å². The van der Waals surface area contributed by atoms with Crippen LogP contribution in [0.2, 0.25) is 0 Å². The fourth-order valence-electron chi connectivity index (χ4n) is 2.22. The highest BCUT2D eigenvalue weighted by Gasteiger charge is 2.07. The van der Waals surface area contributed by atoms with Crippen LogP contribution in [0.25, 0.3) is 10.9 Å². The molecule has 0 bridgehead atoms. The highest BCUT2D eigenvalue weighted by molar-refractivity contribution is 5.86. The number of carbonyl (C=O) groups excluding carboxylic acids is 1. The molecule has 0 saturated heterocycles. The van der Waals surface area contributed by atoms with Crippen LogP contribution in [0.4, 0.5) is 0 Å². The number of ether oxygens (including phenoxy) is 2. The summed E-state index contributed by atoms with van der Waals surface area (Å²) in [6.45, 7) is 3.63. The van der Waals surface area contributed by atoms with Crippen LogP contribution in [0.15, 0.2) is 30.5 Å². The van der Waals surface area contributed by atoms with Gasteiger partial charge in [-0.25, -0.2) is 0 Å². The molecule has 0 unspecified atom stereocenters. The van der Waals surface area contributed by atoms with Crippen molar-refractivity contribution in [3.63, 3.8) is 0 Å². The van der Waals surface area contributed by atoms with Gasteiger partial charge in [0.25, 0.3) is 0 Å². The van der Waals surface area contributed by atoms with Crippen molar-refractivity contribution < 1.29 is 14.3 Å². The second-order valence-corrected chi connectivity index (χ2v) is 4.73. The molecule has 0 atom stereocenters. The Balaban J connectivity index is 2.09. The molecular weight excluding hydrogens is 254 g/mol. The van der Waals surface area contributed by atoms with Gasteiger partial charge >= 0.3 is 5.97 Å².